The first-order valence-corrected chi connectivity index (χ1v) is 12.6. The molecule has 0 aliphatic carbocycles. The molecule has 0 radical (unpaired) electrons. The molecule has 0 saturated carbocycles. The summed E-state index contributed by atoms with van der Waals surface area (Å²) in [4.78, 5) is 29.3. The molecular weight excluding hydrogens is 556 g/mol. The number of alkyl halides is 3. The van der Waals surface area contributed by atoms with Crippen molar-refractivity contribution in [3.05, 3.63) is 93.0 Å². The quantitative estimate of drug-likeness (QED) is 0.341. The molecule has 1 aliphatic heterocycles. The summed E-state index contributed by atoms with van der Waals surface area (Å²) in [6.45, 7) is 0.348. The molecule has 11 heteroatoms. The van der Waals surface area contributed by atoms with Crippen LogP contribution in [0, 0.1) is 0 Å². The summed E-state index contributed by atoms with van der Waals surface area (Å²) in [5, 5.41) is 3.78. The highest BCUT2D eigenvalue weighted by molar-refractivity contribution is 6.42. The van der Waals surface area contributed by atoms with Gasteiger partial charge in [0.1, 0.15) is 17.0 Å². The molecule has 1 fully saturated rings. The van der Waals surface area contributed by atoms with Crippen LogP contribution in [0.2, 0.25) is 10.0 Å². The summed E-state index contributed by atoms with van der Waals surface area (Å²) in [5.41, 5.74) is -1.91. The zero-order valence-electron chi connectivity index (χ0n) is 21.2. The van der Waals surface area contributed by atoms with Crippen LogP contribution in [0.25, 0.3) is 0 Å². The Hall–Kier alpha value is -3.27. The molecule has 2 atom stereocenters. The van der Waals surface area contributed by atoms with Gasteiger partial charge in [-0.15, -0.1) is 0 Å². The molecule has 1 heterocycles. The molecule has 4 rings (SSSR count). The van der Waals surface area contributed by atoms with E-state index in [2.05, 4.69) is 5.32 Å². The van der Waals surface area contributed by atoms with Crippen LogP contribution in [0.5, 0.6) is 11.5 Å². The minimum atomic E-state index is -4.76. The Kier molecular flexibility index (Phi) is 8.16. The minimum absolute atomic E-state index is 0.0489. The van der Waals surface area contributed by atoms with Gasteiger partial charge in [-0.3, -0.25) is 9.59 Å². The number of ether oxygens (including phenoxy) is 2. The Labute approximate surface area is 233 Å². The highest BCUT2D eigenvalue weighted by Gasteiger charge is 2.54. The minimum Gasteiger partial charge on any atom is -0.497 e. The number of Topliss-reactive ketones (excluding diaryl/α,β-unsaturated/α-hetero) is 1. The molecule has 3 aromatic rings. The van der Waals surface area contributed by atoms with Gasteiger partial charge in [-0.05, 0) is 60.2 Å². The van der Waals surface area contributed by atoms with Gasteiger partial charge in [-0.1, -0.05) is 29.3 Å². The van der Waals surface area contributed by atoms with E-state index < -0.39 is 40.6 Å². The van der Waals surface area contributed by atoms with Crippen molar-refractivity contribution < 1.29 is 32.2 Å². The molecule has 39 heavy (non-hydrogen) atoms. The maximum absolute atomic E-state index is 14.3. The van der Waals surface area contributed by atoms with Gasteiger partial charge >= 0.3 is 6.18 Å². The van der Waals surface area contributed by atoms with Gasteiger partial charge in [0.2, 0.25) is 0 Å². The number of rotatable bonds is 7. The van der Waals surface area contributed by atoms with E-state index in [1.54, 1.807) is 42.5 Å². The molecule has 1 amide bonds. The van der Waals surface area contributed by atoms with Gasteiger partial charge in [0, 0.05) is 37.2 Å². The molecule has 6 nitrogen and oxygen atoms in total. The Morgan fingerprint density at radius 1 is 0.949 bits per heavy atom. The van der Waals surface area contributed by atoms with Crippen molar-refractivity contribution in [2.24, 2.45) is 0 Å². The standard InChI is InChI=1S/C28H25Cl2F3N2O4/c1-35(26(37)18-7-11-24(39-3)20(12-18)28(31,32)33)27(25(36)16-4-8-19(38-2)9-5-16)15-34-14-21(27)17-6-10-22(29)23(30)13-17/h4-13,21,34H,14-15H2,1-3H3/t21-,27+/m0/s1. The normalized spacial score (nSPS) is 19.0. The maximum atomic E-state index is 14.3. The van der Waals surface area contributed by atoms with E-state index in [0.29, 0.717) is 28.4 Å². The average Bonchev–Trinajstić information content (AvgIpc) is 3.38. The van der Waals surface area contributed by atoms with Crippen molar-refractivity contribution in [1.29, 1.82) is 0 Å². The molecule has 0 unspecified atom stereocenters. The van der Waals surface area contributed by atoms with Crippen LogP contribution in [0.15, 0.2) is 60.7 Å². The van der Waals surface area contributed by atoms with Gasteiger partial charge in [0.05, 0.1) is 29.8 Å². The van der Waals surface area contributed by atoms with Gasteiger partial charge < -0.3 is 19.7 Å². The lowest BCUT2D eigenvalue weighted by Crippen LogP contribution is -2.59. The maximum Gasteiger partial charge on any atom is 0.419 e. The number of hydrogen-bond donors (Lipinski definition) is 1. The number of carbonyl (C=O) groups is 2. The van der Waals surface area contributed by atoms with Gasteiger partial charge in [0.25, 0.3) is 5.91 Å². The van der Waals surface area contributed by atoms with Gasteiger partial charge in [-0.2, -0.15) is 13.2 Å². The lowest BCUT2D eigenvalue weighted by molar-refractivity contribution is -0.138. The first-order valence-electron chi connectivity index (χ1n) is 11.8. The number of carbonyl (C=O) groups excluding carboxylic acids is 2. The monoisotopic (exact) mass is 580 g/mol. The Bertz CT molecular complexity index is 1400. The first kappa shape index (κ1) is 28.7. The van der Waals surface area contributed by atoms with Crippen LogP contribution in [-0.2, 0) is 6.18 Å². The highest BCUT2D eigenvalue weighted by Crippen LogP contribution is 2.42. The Morgan fingerprint density at radius 2 is 1.62 bits per heavy atom. The van der Waals surface area contributed by atoms with Crippen LogP contribution >= 0.6 is 23.2 Å². The molecule has 1 aliphatic rings. The molecule has 3 aromatic carbocycles. The predicted molar refractivity (Wildman–Crippen MR) is 142 cm³/mol. The lowest BCUT2D eigenvalue weighted by atomic mass is 9.75. The van der Waals surface area contributed by atoms with Crippen molar-refractivity contribution in [3.63, 3.8) is 0 Å². The van der Waals surface area contributed by atoms with Crippen molar-refractivity contribution in [2.45, 2.75) is 17.6 Å². The third-order valence-corrected chi connectivity index (χ3v) is 7.80. The molecular formula is C28H25Cl2F3N2O4. The Morgan fingerprint density at radius 3 is 2.21 bits per heavy atom. The number of ketones is 1. The second-order valence-electron chi connectivity index (χ2n) is 9.12. The van der Waals surface area contributed by atoms with E-state index in [9.17, 15) is 22.8 Å². The number of halogens is 5. The second kappa shape index (κ2) is 11.1. The second-order valence-corrected chi connectivity index (χ2v) is 9.93. The zero-order valence-corrected chi connectivity index (χ0v) is 22.7. The summed E-state index contributed by atoms with van der Waals surface area (Å²) in [6.07, 6.45) is -4.76. The summed E-state index contributed by atoms with van der Waals surface area (Å²) >= 11 is 12.4. The van der Waals surface area contributed by atoms with E-state index in [1.807, 2.05) is 0 Å². The number of likely N-dealkylation sites (N-methyl/N-ethyl adjacent to an activating group) is 1. The third kappa shape index (κ3) is 5.31. The zero-order chi connectivity index (χ0) is 28.5. The number of nitrogens with zero attached hydrogens (tertiary/aromatic N) is 1. The molecule has 206 valence electrons. The number of methoxy groups -OCH3 is 2. The lowest BCUT2D eigenvalue weighted by Gasteiger charge is -2.42. The number of nitrogens with one attached hydrogen (secondary N) is 1. The van der Waals surface area contributed by atoms with Crippen LogP contribution in [0.1, 0.15) is 37.8 Å². The number of hydrogen-bond acceptors (Lipinski definition) is 5. The number of amides is 1. The van der Waals surface area contributed by atoms with Crippen molar-refractivity contribution in [2.75, 3.05) is 34.4 Å². The summed E-state index contributed by atoms with van der Waals surface area (Å²) in [7, 11) is 4.03. The first-order chi connectivity index (χ1) is 18.4. The van der Waals surface area contributed by atoms with Gasteiger partial charge in [0.15, 0.2) is 5.78 Å². The molecule has 0 aromatic heterocycles. The van der Waals surface area contributed by atoms with Crippen LogP contribution in [0.3, 0.4) is 0 Å². The van der Waals surface area contributed by atoms with Gasteiger partial charge in [-0.25, -0.2) is 0 Å². The van der Waals surface area contributed by atoms with Crippen molar-refractivity contribution in [3.8, 4) is 11.5 Å². The predicted octanol–water partition coefficient (Wildman–Crippen LogP) is 6.11. The largest absolute Gasteiger partial charge is 0.497 e. The fourth-order valence-corrected chi connectivity index (χ4v) is 5.30. The van der Waals surface area contributed by atoms with Crippen molar-refractivity contribution >= 4 is 34.9 Å². The van der Waals surface area contributed by atoms with E-state index in [4.69, 9.17) is 32.7 Å². The Balaban J connectivity index is 1.85. The van der Waals surface area contributed by atoms with E-state index in [0.717, 1.165) is 19.2 Å². The number of benzene rings is 3. The summed E-state index contributed by atoms with van der Waals surface area (Å²) < 4.78 is 51.2. The molecule has 0 bridgehead atoms. The van der Waals surface area contributed by atoms with E-state index in [1.165, 1.54) is 25.1 Å². The van der Waals surface area contributed by atoms with Crippen molar-refractivity contribution in [1.82, 2.24) is 10.2 Å². The van der Waals surface area contributed by atoms with Crippen LogP contribution in [-0.4, -0.2) is 56.5 Å². The fourth-order valence-electron chi connectivity index (χ4n) is 4.99. The molecule has 1 N–H and O–H groups in total. The summed E-state index contributed by atoms with van der Waals surface area (Å²) in [6, 6.07) is 14.4. The van der Waals surface area contributed by atoms with E-state index in [-0.39, 0.29) is 17.1 Å². The molecule has 0 spiro atoms. The smallest absolute Gasteiger partial charge is 0.419 e. The summed E-state index contributed by atoms with van der Waals surface area (Å²) in [5.74, 6) is -1.64. The van der Waals surface area contributed by atoms with Crippen LogP contribution < -0.4 is 14.8 Å². The topological polar surface area (TPSA) is 67.9 Å². The average molecular weight is 581 g/mol. The third-order valence-electron chi connectivity index (χ3n) is 7.07. The van der Waals surface area contributed by atoms with E-state index >= 15 is 0 Å². The molecule has 1 saturated heterocycles. The fraction of sp³-hybridized carbons (Fsp3) is 0.286. The SMILES string of the molecule is COc1ccc(C(=O)[C@@]2(N(C)C(=O)c3ccc(OC)c(C(F)(F)F)c3)CNC[C@H]2c2ccc(Cl)c(Cl)c2)cc1. The highest BCUT2D eigenvalue weighted by atomic mass is 35.5. The van der Waals surface area contributed by atoms with Crippen LogP contribution in [0.4, 0.5) is 13.2 Å².